The summed E-state index contributed by atoms with van der Waals surface area (Å²) < 4.78 is 0. The fourth-order valence-electron chi connectivity index (χ4n) is 3.56. The maximum absolute atomic E-state index is 12.7. The Bertz CT molecular complexity index is 889. The lowest BCUT2D eigenvalue weighted by Gasteiger charge is -2.35. The molecule has 0 unspecified atom stereocenters. The second-order valence-electron chi connectivity index (χ2n) is 7.08. The van der Waals surface area contributed by atoms with E-state index in [4.69, 9.17) is 0 Å². The van der Waals surface area contributed by atoms with E-state index >= 15 is 0 Å². The monoisotopic (exact) mass is 382 g/mol. The number of piperazine rings is 1. The van der Waals surface area contributed by atoms with Crippen LogP contribution in [0.3, 0.4) is 0 Å². The zero-order valence-corrected chi connectivity index (χ0v) is 16.6. The summed E-state index contributed by atoms with van der Waals surface area (Å²) in [5.74, 6) is -0.339. The first-order valence-electron chi connectivity index (χ1n) is 9.54. The van der Waals surface area contributed by atoms with Crippen molar-refractivity contribution < 1.29 is 9.72 Å². The van der Waals surface area contributed by atoms with Crippen molar-refractivity contribution in [2.24, 2.45) is 0 Å². The second kappa shape index (κ2) is 8.39. The molecule has 1 aliphatic rings. The largest absolute Gasteiger partial charge is 0.369 e. The van der Waals surface area contributed by atoms with E-state index in [-0.39, 0.29) is 11.6 Å². The minimum Gasteiger partial charge on any atom is -0.369 e. The number of rotatable bonds is 5. The molecule has 0 atom stereocenters. The Morgan fingerprint density at radius 3 is 2.46 bits per heavy atom. The molecule has 1 N–H and O–H groups in total. The van der Waals surface area contributed by atoms with Crippen LogP contribution in [0.15, 0.2) is 36.4 Å². The molecule has 0 spiro atoms. The number of hydrogen-bond donors (Lipinski definition) is 1. The lowest BCUT2D eigenvalue weighted by molar-refractivity contribution is -0.385. The van der Waals surface area contributed by atoms with Crippen LogP contribution in [0.5, 0.6) is 0 Å². The third-order valence-corrected chi connectivity index (χ3v) is 5.39. The number of nitro benzene ring substituents is 1. The fraction of sp³-hybridized carbons (Fsp3) is 0.381. The van der Waals surface area contributed by atoms with Gasteiger partial charge in [-0.05, 0) is 50.2 Å². The number of nitrogens with one attached hydrogen (secondary N) is 1. The van der Waals surface area contributed by atoms with E-state index in [2.05, 4.69) is 28.1 Å². The van der Waals surface area contributed by atoms with Crippen molar-refractivity contribution in [1.82, 2.24) is 4.90 Å². The molecule has 0 bridgehead atoms. The van der Waals surface area contributed by atoms with Gasteiger partial charge in [-0.2, -0.15) is 0 Å². The van der Waals surface area contributed by atoms with Crippen molar-refractivity contribution in [1.29, 1.82) is 0 Å². The Labute approximate surface area is 165 Å². The van der Waals surface area contributed by atoms with E-state index < -0.39 is 4.92 Å². The third-order valence-electron chi connectivity index (χ3n) is 5.39. The molecule has 1 fully saturated rings. The predicted molar refractivity (Wildman–Crippen MR) is 111 cm³/mol. The van der Waals surface area contributed by atoms with Crippen molar-refractivity contribution in [3.63, 3.8) is 0 Å². The van der Waals surface area contributed by atoms with Gasteiger partial charge in [0.2, 0.25) is 0 Å². The van der Waals surface area contributed by atoms with Crippen LogP contribution in [0.1, 0.15) is 28.4 Å². The molecule has 7 nitrogen and oxygen atoms in total. The van der Waals surface area contributed by atoms with Crippen LogP contribution >= 0.6 is 0 Å². The number of anilines is 2. The Hall–Kier alpha value is -2.93. The molecule has 2 aromatic rings. The highest BCUT2D eigenvalue weighted by atomic mass is 16.6. The molecule has 148 valence electrons. The van der Waals surface area contributed by atoms with Crippen molar-refractivity contribution in [3.8, 4) is 0 Å². The summed E-state index contributed by atoms with van der Waals surface area (Å²) in [6.07, 6.45) is 0. The first-order chi connectivity index (χ1) is 13.4. The molecule has 28 heavy (non-hydrogen) atoms. The van der Waals surface area contributed by atoms with E-state index in [0.29, 0.717) is 16.8 Å². The van der Waals surface area contributed by atoms with E-state index in [0.717, 1.165) is 44.0 Å². The van der Waals surface area contributed by atoms with Gasteiger partial charge < -0.3 is 15.1 Å². The van der Waals surface area contributed by atoms with Crippen LogP contribution in [-0.4, -0.2) is 48.5 Å². The molecular weight excluding hydrogens is 356 g/mol. The fourth-order valence-corrected chi connectivity index (χ4v) is 3.56. The van der Waals surface area contributed by atoms with Gasteiger partial charge in [0.25, 0.3) is 11.6 Å². The van der Waals surface area contributed by atoms with E-state index in [1.54, 1.807) is 13.0 Å². The summed E-state index contributed by atoms with van der Waals surface area (Å²) in [6.45, 7) is 10.9. The van der Waals surface area contributed by atoms with Gasteiger partial charge in [-0.1, -0.05) is 13.0 Å². The maximum Gasteiger partial charge on any atom is 0.273 e. The number of amides is 1. The Balaban J connectivity index is 1.74. The first-order valence-corrected chi connectivity index (χ1v) is 9.54. The molecule has 7 heteroatoms. The van der Waals surface area contributed by atoms with Crippen LogP contribution in [-0.2, 0) is 0 Å². The molecule has 0 aliphatic carbocycles. The first kappa shape index (κ1) is 19.8. The molecule has 1 aliphatic heterocycles. The number of nitrogens with zero attached hydrogens (tertiary/aromatic N) is 3. The van der Waals surface area contributed by atoms with Gasteiger partial charge in [-0.3, -0.25) is 14.9 Å². The Morgan fingerprint density at radius 2 is 1.86 bits per heavy atom. The summed E-state index contributed by atoms with van der Waals surface area (Å²) in [5.41, 5.74) is 3.46. The van der Waals surface area contributed by atoms with Crippen LogP contribution in [0.4, 0.5) is 17.1 Å². The van der Waals surface area contributed by atoms with Gasteiger partial charge in [0.15, 0.2) is 0 Å². The third kappa shape index (κ3) is 4.14. The van der Waals surface area contributed by atoms with Crippen molar-refractivity contribution >= 4 is 23.0 Å². The average molecular weight is 382 g/mol. The number of nitro groups is 1. The van der Waals surface area contributed by atoms with Gasteiger partial charge in [0, 0.05) is 54.7 Å². The Kier molecular flexibility index (Phi) is 5.94. The van der Waals surface area contributed by atoms with Crippen molar-refractivity contribution in [3.05, 3.63) is 63.2 Å². The summed E-state index contributed by atoms with van der Waals surface area (Å²) in [6, 6.07) is 10.6. The summed E-state index contributed by atoms with van der Waals surface area (Å²) in [4.78, 5) is 28.1. The standard InChI is InChI=1S/C21H26N4O3/c1-4-23-10-12-24(13-11-23)17-8-9-19(15(2)14-17)22-21(26)18-6-5-7-20(16(18)3)25(27)28/h5-9,14H,4,10-13H2,1-3H3,(H,22,26). The Morgan fingerprint density at radius 1 is 1.14 bits per heavy atom. The normalized spacial score (nSPS) is 14.8. The lowest BCUT2D eigenvalue weighted by Crippen LogP contribution is -2.46. The summed E-state index contributed by atoms with van der Waals surface area (Å²) >= 11 is 0. The number of carbonyl (C=O) groups excluding carboxylic acids is 1. The predicted octanol–water partition coefficient (Wildman–Crippen LogP) is 3.61. The highest BCUT2D eigenvalue weighted by Gasteiger charge is 2.19. The quantitative estimate of drug-likeness (QED) is 0.631. The van der Waals surface area contributed by atoms with E-state index in [1.165, 1.54) is 12.1 Å². The summed E-state index contributed by atoms with van der Waals surface area (Å²) in [7, 11) is 0. The number of aryl methyl sites for hydroxylation is 1. The van der Waals surface area contributed by atoms with Gasteiger partial charge >= 0.3 is 0 Å². The SMILES string of the molecule is CCN1CCN(c2ccc(NC(=O)c3cccc([N+](=O)[O-])c3C)c(C)c2)CC1. The van der Waals surface area contributed by atoms with Gasteiger partial charge in [-0.25, -0.2) is 0 Å². The van der Waals surface area contributed by atoms with Crippen LogP contribution in [0, 0.1) is 24.0 Å². The second-order valence-corrected chi connectivity index (χ2v) is 7.08. The number of hydrogen-bond acceptors (Lipinski definition) is 5. The van der Waals surface area contributed by atoms with E-state index in [9.17, 15) is 14.9 Å². The topological polar surface area (TPSA) is 78.7 Å². The van der Waals surface area contributed by atoms with Crippen LogP contribution in [0.2, 0.25) is 0 Å². The minimum absolute atomic E-state index is 0.0501. The minimum atomic E-state index is -0.468. The summed E-state index contributed by atoms with van der Waals surface area (Å²) in [5, 5.41) is 14.0. The molecule has 3 rings (SSSR count). The van der Waals surface area contributed by atoms with Gasteiger partial charge in [0.05, 0.1) is 4.92 Å². The lowest BCUT2D eigenvalue weighted by atomic mass is 10.1. The highest BCUT2D eigenvalue weighted by molar-refractivity contribution is 6.06. The molecular formula is C21H26N4O3. The van der Waals surface area contributed by atoms with Crippen LogP contribution in [0.25, 0.3) is 0 Å². The molecule has 1 heterocycles. The molecule has 0 radical (unpaired) electrons. The van der Waals surface area contributed by atoms with Gasteiger partial charge in [-0.15, -0.1) is 0 Å². The molecule has 2 aromatic carbocycles. The molecule has 0 aromatic heterocycles. The molecule has 1 saturated heterocycles. The zero-order chi connectivity index (χ0) is 20.3. The average Bonchev–Trinajstić information content (AvgIpc) is 2.69. The molecule has 0 saturated carbocycles. The maximum atomic E-state index is 12.7. The molecule has 1 amide bonds. The zero-order valence-electron chi connectivity index (χ0n) is 16.6. The van der Waals surface area contributed by atoms with E-state index in [1.807, 2.05) is 19.1 Å². The van der Waals surface area contributed by atoms with Crippen molar-refractivity contribution in [2.75, 3.05) is 42.9 Å². The highest BCUT2D eigenvalue weighted by Crippen LogP contribution is 2.26. The van der Waals surface area contributed by atoms with Crippen molar-refractivity contribution in [2.45, 2.75) is 20.8 Å². The number of benzene rings is 2. The van der Waals surface area contributed by atoms with Gasteiger partial charge in [0.1, 0.15) is 0 Å². The smallest absolute Gasteiger partial charge is 0.273 e. The van der Waals surface area contributed by atoms with Crippen LogP contribution < -0.4 is 10.2 Å². The number of carbonyl (C=O) groups is 1. The number of likely N-dealkylation sites (N-methyl/N-ethyl adjacent to an activating group) is 1.